The van der Waals surface area contributed by atoms with E-state index in [2.05, 4.69) is 9.47 Å². The highest BCUT2D eigenvalue weighted by Crippen LogP contribution is 2.69. The first kappa shape index (κ1) is 27.2. The number of fused-ring (bicyclic) bond motifs is 1. The molecule has 12 nitrogen and oxygen atoms in total. The third-order valence-corrected chi connectivity index (χ3v) is 7.45. The summed E-state index contributed by atoms with van der Waals surface area (Å²) in [6, 6.07) is 0. The molecule has 6 unspecified atom stereocenters. The first-order valence-corrected chi connectivity index (χ1v) is 11.5. The molecule has 2 saturated carbocycles. The van der Waals surface area contributed by atoms with E-state index in [-0.39, 0.29) is 30.6 Å². The number of rotatable bonds is 10. The second kappa shape index (κ2) is 10.7. The average Bonchev–Trinajstić information content (AvgIpc) is 3.46. The maximum Gasteiger partial charge on any atom is 0.334 e. The van der Waals surface area contributed by atoms with E-state index in [4.69, 9.17) is 18.9 Å². The van der Waals surface area contributed by atoms with Crippen LogP contribution in [0.3, 0.4) is 0 Å². The van der Waals surface area contributed by atoms with Gasteiger partial charge >= 0.3 is 35.8 Å². The summed E-state index contributed by atoms with van der Waals surface area (Å²) in [7, 11) is 3.47. The second-order valence-electron chi connectivity index (χ2n) is 9.24. The van der Waals surface area contributed by atoms with Gasteiger partial charge in [-0.3, -0.25) is 19.2 Å². The number of carbonyl (C=O) groups is 6. The lowest BCUT2D eigenvalue weighted by Crippen LogP contribution is -2.54. The summed E-state index contributed by atoms with van der Waals surface area (Å²) in [5.74, 6) is -7.03. The van der Waals surface area contributed by atoms with Crippen LogP contribution in [0.15, 0.2) is 11.6 Å². The minimum absolute atomic E-state index is 0.288. The van der Waals surface area contributed by atoms with E-state index in [0.717, 1.165) is 20.3 Å². The Kier molecular flexibility index (Phi) is 8.05. The molecule has 198 valence electrons. The average molecular weight is 510 g/mol. The van der Waals surface area contributed by atoms with Crippen molar-refractivity contribution < 1.29 is 57.2 Å². The lowest BCUT2D eigenvalue weighted by molar-refractivity contribution is -0.176. The maximum atomic E-state index is 13.5. The SMILES string of the molecule is COC(=O)/C=C(\CC(=O)OC)C(=O)OCCOC(=O)C1(C(C)C)C2CC3C(OC(=O)C31)C2C(=O)OC. The van der Waals surface area contributed by atoms with Gasteiger partial charge in [0.2, 0.25) is 0 Å². The molecule has 1 heterocycles. The molecule has 0 amide bonds. The Labute approximate surface area is 207 Å². The van der Waals surface area contributed by atoms with Gasteiger partial charge in [0.15, 0.2) is 0 Å². The fourth-order valence-electron chi connectivity index (χ4n) is 6.04. The molecule has 3 fully saturated rings. The van der Waals surface area contributed by atoms with Gasteiger partial charge in [0.25, 0.3) is 0 Å². The van der Waals surface area contributed by atoms with E-state index in [1.165, 1.54) is 7.11 Å². The molecule has 2 aliphatic carbocycles. The van der Waals surface area contributed by atoms with Crippen LogP contribution in [0, 0.1) is 35.0 Å². The number of hydrogen-bond donors (Lipinski definition) is 0. The van der Waals surface area contributed by atoms with Gasteiger partial charge in [0.1, 0.15) is 19.3 Å². The number of hydrogen-bond acceptors (Lipinski definition) is 12. The van der Waals surface area contributed by atoms with Crippen LogP contribution in [0.2, 0.25) is 0 Å². The van der Waals surface area contributed by atoms with Crippen molar-refractivity contribution in [2.45, 2.75) is 32.8 Å². The van der Waals surface area contributed by atoms with Crippen molar-refractivity contribution in [1.29, 1.82) is 0 Å². The van der Waals surface area contributed by atoms with Crippen LogP contribution < -0.4 is 0 Å². The molecule has 6 atom stereocenters. The fourth-order valence-corrected chi connectivity index (χ4v) is 6.04. The summed E-state index contributed by atoms with van der Waals surface area (Å²) in [6.07, 6.45) is 0.126. The van der Waals surface area contributed by atoms with Gasteiger partial charge in [0.05, 0.1) is 50.6 Å². The smallest absolute Gasteiger partial charge is 0.334 e. The Bertz CT molecular complexity index is 982. The van der Waals surface area contributed by atoms with Crippen molar-refractivity contribution in [3.63, 3.8) is 0 Å². The molecule has 0 aromatic carbocycles. The van der Waals surface area contributed by atoms with Crippen molar-refractivity contribution in [3.05, 3.63) is 11.6 Å². The van der Waals surface area contributed by atoms with Gasteiger partial charge < -0.3 is 28.4 Å². The highest BCUT2D eigenvalue weighted by Gasteiger charge is 2.78. The van der Waals surface area contributed by atoms with Gasteiger partial charge in [-0.2, -0.15) is 0 Å². The zero-order valence-electron chi connectivity index (χ0n) is 20.8. The van der Waals surface area contributed by atoms with Crippen LogP contribution in [0.1, 0.15) is 26.7 Å². The van der Waals surface area contributed by atoms with Gasteiger partial charge in [-0.05, 0) is 18.3 Å². The zero-order chi connectivity index (χ0) is 26.8. The van der Waals surface area contributed by atoms with Crippen molar-refractivity contribution in [2.75, 3.05) is 34.5 Å². The summed E-state index contributed by atoms with van der Waals surface area (Å²) in [4.78, 5) is 74.2. The number of carbonyl (C=O) groups excluding carboxylic acids is 6. The van der Waals surface area contributed by atoms with Crippen LogP contribution in [-0.2, 0) is 57.2 Å². The van der Waals surface area contributed by atoms with Gasteiger partial charge in [-0.25, -0.2) is 9.59 Å². The van der Waals surface area contributed by atoms with Crippen molar-refractivity contribution in [3.8, 4) is 0 Å². The van der Waals surface area contributed by atoms with E-state index >= 15 is 0 Å². The molecule has 3 aliphatic rings. The molecule has 0 N–H and O–H groups in total. The largest absolute Gasteiger partial charge is 0.469 e. The Hall–Kier alpha value is -3.44. The molecule has 0 spiro atoms. The quantitative estimate of drug-likeness (QED) is 0.172. The number of methoxy groups -OCH3 is 3. The Morgan fingerprint density at radius 1 is 1.03 bits per heavy atom. The second-order valence-corrected chi connectivity index (χ2v) is 9.24. The Balaban J connectivity index is 1.70. The number of esters is 6. The normalized spacial score (nSPS) is 30.0. The molecule has 1 saturated heterocycles. The molecular weight excluding hydrogens is 480 g/mol. The standard InChI is InChI=1S/C24H30O12/c1-11(2)24(14-10-13-18(24)22(29)36-19(13)17(14)21(28)33-5)23(30)35-7-6-34-20(27)12(8-15(25)31-3)9-16(26)32-4/h8,11,13-14,17-19H,6-7,9-10H2,1-5H3/b12-8+. The minimum Gasteiger partial charge on any atom is -0.469 e. The number of ether oxygens (including phenoxy) is 6. The monoisotopic (exact) mass is 510 g/mol. The first-order valence-electron chi connectivity index (χ1n) is 11.5. The van der Waals surface area contributed by atoms with E-state index in [1.807, 2.05) is 0 Å². The van der Waals surface area contributed by atoms with Crippen molar-refractivity contribution in [2.24, 2.45) is 35.0 Å². The molecule has 3 rings (SSSR count). The van der Waals surface area contributed by atoms with E-state index in [9.17, 15) is 28.8 Å². The maximum absolute atomic E-state index is 13.5. The third kappa shape index (κ3) is 4.44. The van der Waals surface area contributed by atoms with Crippen LogP contribution in [0.4, 0.5) is 0 Å². The summed E-state index contributed by atoms with van der Waals surface area (Å²) in [6.45, 7) is 2.83. The topological polar surface area (TPSA) is 158 Å². The summed E-state index contributed by atoms with van der Waals surface area (Å²) in [5.41, 5.74) is -1.59. The molecule has 0 aromatic rings. The molecule has 2 bridgehead atoms. The molecular formula is C24H30O12. The van der Waals surface area contributed by atoms with Crippen LogP contribution in [-0.4, -0.2) is 76.5 Å². The molecule has 36 heavy (non-hydrogen) atoms. The van der Waals surface area contributed by atoms with Crippen molar-refractivity contribution >= 4 is 35.8 Å². The van der Waals surface area contributed by atoms with Gasteiger partial charge in [-0.15, -0.1) is 0 Å². The highest BCUT2D eigenvalue weighted by atomic mass is 16.6. The molecule has 0 aromatic heterocycles. The van der Waals surface area contributed by atoms with E-state index in [1.54, 1.807) is 13.8 Å². The van der Waals surface area contributed by atoms with Crippen molar-refractivity contribution in [1.82, 2.24) is 0 Å². The van der Waals surface area contributed by atoms with E-state index in [0.29, 0.717) is 6.42 Å². The third-order valence-electron chi connectivity index (χ3n) is 7.45. The highest BCUT2D eigenvalue weighted by molar-refractivity contribution is 5.99. The molecule has 0 radical (unpaired) electrons. The van der Waals surface area contributed by atoms with E-state index < -0.39 is 71.5 Å². The Morgan fingerprint density at radius 3 is 2.28 bits per heavy atom. The molecule has 1 aliphatic heterocycles. The Morgan fingerprint density at radius 2 is 1.69 bits per heavy atom. The summed E-state index contributed by atoms with van der Waals surface area (Å²) >= 11 is 0. The lowest BCUT2D eigenvalue weighted by atomic mass is 9.57. The molecule has 12 heteroatoms. The first-order chi connectivity index (χ1) is 17.0. The van der Waals surface area contributed by atoms with Gasteiger partial charge in [-0.1, -0.05) is 13.8 Å². The van der Waals surface area contributed by atoms with Crippen LogP contribution in [0.25, 0.3) is 0 Å². The predicted molar refractivity (Wildman–Crippen MR) is 116 cm³/mol. The predicted octanol–water partition coefficient (Wildman–Crippen LogP) is 0.358. The summed E-state index contributed by atoms with van der Waals surface area (Å²) in [5, 5.41) is 0. The zero-order valence-corrected chi connectivity index (χ0v) is 20.8. The van der Waals surface area contributed by atoms with Crippen LogP contribution >= 0.6 is 0 Å². The summed E-state index contributed by atoms with van der Waals surface area (Å²) < 4.78 is 29.9. The lowest BCUT2D eigenvalue weighted by Gasteiger charge is -2.43. The fraction of sp³-hybridized carbons (Fsp3) is 0.667. The van der Waals surface area contributed by atoms with Gasteiger partial charge in [0, 0.05) is 12.0 Å². The minimum atomic E-state index is -1.29. The van der Waals surface area contributed by atoms with Crippen LogP contribution in [0.5, 0.6) is 0 Å².